The van der Waals surface area contributed by atoms with E-state index in [1.165, 1.54) is 11.8 Å². The largest absolute Gasteiger partial charge is 0.353 e. The molecule has 2 aromatic rings. The van der Waals surface area contributed by atoms with Gasteiger partial charge in [-0.25, -0.2) is 0 Å². The Morgan fingerprint density at radius 3 is 2.65 bits per heavy atom. The van der Waals surface area contributed by atoms with Crippen LogP contribution in [0.3, 0.4) is 0 Å². The number of carbonyl (C=O) groups excluding carboxylic acids is 2. The number of halogens is 1. The van der Waals surface area contributed by atoms with Crippen molar-refractivity contribution >= 4 is 40.9 Å². The first-order valence-corrected chi connectivity index (χ1v) is 12.3. The molecule has 1 saturated carbocycles. The van der Waals surface area contributed by atoms with Gasteiger partial charge in [-0.2, -0.15) is 0 Å². The lowest BCUT2D eigenvalue weighted by molar-refractivity contribution is -0.129. The molecule has 164 valence electrons. The summed E-state index contributed by atoms with van der Waals surface area (Å²) in [5.41, 5.74) is 1.86. The van der Waals surface area contributed by atoms with Gasteiger partial charge in [0.25, 0.3) is 0 Å². The number of para-hydroxylation sites is 1. The normalized spacial score (nSPS) is 24.4. The monoisotopic (exact) mass is 456 g/mol. The van der Waals surface area contributed by atoms with E-state index in [1.807, 2.05) is 55.5 Å². The zero-order chi connectivity index (χ0) is 22.0. The summed E-state index contributed by atoms with van der Waals surface area (Å²) in [4.78, 5) is 29.4. The molecule has 1 N–H and O–H groups in total. The molecule has 2 aromatic carbocycles. The van der Waals surface area contributed by atoms with Gasteiger partial charge in [-0.15, -0.1) is 11.8 Å². The van der Waals surface area contributed by atoms with Gasteiger partial charge in [0.1, 0.15) is 5.25 Å². The van der Waals surface area contributed by atoms with Crippen molar-refractivity contribution in [2.45, 2.75) is 62.3 Å². The number of rotatable bonds is 5. The second-order valence-corrected chi connectivity index (χ2v) is 10.4. The molecule has 6 heteroatoms. The van der Waals surface area contributed by atoms with Crippen molar-refractivity contribution in [1.82, 2.24) is 5.32 Å². The Balaban J connectivity index is 1.53. The fourth-order valence-corrected chi connectivity index (χ4v) is 5.91. The molecule has 0 unspecified atom stereocenters. The molecule has 0 aromatic heterocycles. The number of anilines is 1. The van der Waals surface area contributed by atoms with Gasteiger partial charge in [0.15, 0.2) is 0 Å². The zero-order valence-corrected chi connectivity index (χ0v) is 19.6. The van der Waals surface area contributed by atoms with Crippen LogP contribution in [0.15, 0.2) is 53.4 Å². The average Bonchev–Trinajstić information content (AvgIpc) is 2.76. The van der Waals surface area contributed by atoms with Crippen LogP contribution in [-0.2, 0) is 16.1 Å². The minimum atomic E-state index is -0.448. The highest BCUT2D eigenvalue weighted by Crippen LogP contribution is 2.42. The Bertz CT molecular complexity index is 958. The number of nitrogens with zero attached hydrogens (tertiary/aromatic N) is 1. The van der Waals surface area contributed by atoms with Crippen molar-refractivity contribution in [3.05, 3.63) is 59.1 Å². The molecule has 0 bridgehead atoms. The zero-order valence-electron chi connectivity index (χ0n) is 18.0. The first-order chi connectivity index (χ1) is 14.9. The third-order valence-electron chi connectivity index (χ3n) is 6.38. The summed E-state index contributed by atoms with van der Waals surface area (Å²) in [6.07, 6.45) is 4.35. The van der Waals surface area contributed by atoms with Gasteiger partial charge < -0.3 is 10.2 Å². The van der Waals surface area contributed by atoms with Crippen molar-refractivity contribution in [2.24, 2.45) is 11.8 Å². The van der Waals surface area contributed by atoms with Gasteiger partial charge in [-0.3, -0.25) is 9.59 Å². The summed E-state index contributed by atoms with van der Waals surface area (Å²) in [5.74, 6) is 0.278. The Morgan fingerprint density at radius 2 is 1.90 bits per heavy atom. The molecule has 2 aliphatic rings. The molecular formula is C25H29ClN2O2S. The first kappa shape index (κ1) is 22.2. The molecular weight excluding hydrogens is 428 g/mol. The van der Waals surface area contributed by atoms with Gasteiger partial charge in [0.2, 0.25) is 11.8 Å². The van der Waals surface area contributed by atoms with Crippen LogP contribution in [0.1, 0.15) is 45.1 Å². The number of amides is 2. The van der Waals surface area contributed by atoms with E-state index in [4.69, 9.17) is 11.6 Å². The van der Waals surface area contributed by atoms with E-state index in [1.54, 1.807) is 4.90 Å². The summed E-state index contributed by atoms with van der Waals surface area (Å²) in [7, 11) is 0. The standard InChI is InChI=1S/C25H29ClN2O2S/c1-16-10-12-20(13-11-16)27-24(29)17(2)23-25(30)28(15-18-6-5-7-19(26)14-18)21-8-3-4-9-22(21)31-23/h3-9,14,16-17,20,23H,10-13,15H2,1-2H3,(H,27,29)/t16?,17-,20?,23-/m0/s1. The summed E-state index contributed by atoms with van der Waals surface area (Å²) < 4.78 is 0. The molecule has 4 rings (SSSR count). The van der Waals surface area contributed by atoms with Gasteiger partial charge in [-0.05, 0) is 61.4 Å². The van der Waals surface area contributed by atoms with Crippen molar-refractivity contribution < 1.29 is 9.59 Å². The number of thioether (sulfide) groups is 1. The molecule has 2 atom stereocenters. The molecule has 0 spiro atoms. The summed E-state index contributed by atoms with van der Waals surface area (Å²) in [5, 5.41) is 3.41. The molecule has 1 aliphatic heterocycles. The van der Waals surface area contributed by atoms with Crippen LogP contribution in [0.4, 0.5) is 5.69 Å². The van der Waals surface area contributed by atoms with Crippen LogP contribution in [-0.4, -0.2) is 23.1 Å². The Morgan fingerprint density at radius 1 is 1.16 bits per heavy atom. The molecule has 4 nitrogen and oxygen atoms in total. The van der Waals surface area contributed by atoms with E-state index in [-0.39, 0.29) is 17.9 Å². The van der Waals surface area contributed by atoms with Crippen LogP contribution >= 0.6 is 23.4 Å². The molecule has 1 heterocycles. The molecule has 31 heavy (non-hydrogen) atoms. The van der Waals surface area contributed by atoms with E-state index in [2.05, 4.69) is 12.2 Å². The Hall–Kier alpha value is -1.98. The van der Waals surface area contributed by atoms with Crippen molar-refractivity contribution in [2.75, 3.05) is 4.90 Å². The van der Waals surface area contributed by atoms with E-state index in [0.717, 1.165) is 47.7 Å². The maximum absolute atomic E-state index is 13.6. The minimum Gasteiger partial charge on any atom is -0.353 e. The maximum atomic E-state index is 13.6. The predicted octanol–water partition coefficient (Wildman–Crippen LogP) is 5.68. The number of hydrogen-bond donors (Lipinski definition) is 1. The molecule has 1 aliphatic carbocycles. The van der Waals surface area contributed by atoms with E-state index >= 15 is 0 Å². The quantitative estimate of drug-likeness (QED) is 0.629. The van der Waals surface area contributed by atoms with Gasteiger partial charge in [0.05, 0.1) is 18.2 Å². The second kappa shape index (κ2) is 9.66. The fourth-order valence-electron chi connectivity index (χ4n) is 4.41. The lowest BCUT2D eigenvalue weighted by Gasteiger charge is -2.36. The highest BCUT2D eigenvalue weighted by molar-refractivity contribution is 8.01. The number of fused-ring (bicyclic) bond motifs is 1. The number of hydrogen-bond acceptors (Lipinski definition) is 3. The lowest BCUT2D eigenvalue weighted by Crippen LogP contribution is -2.49. The maximum Gasteiger partial charge on any atom is 0.241 e. The molecule has 0 radical (unpaired) electrons. The number of nitrogens with one attached hydrogen (secondary N) is 1. The van der Waals surface area contributed by atoms with E-state index in [0.29, 0.717) is 11.6 Å². The third kappa shape index (κ3) is 5.09. The smallest absolute Gasteiger partial charge is 0.241 e. The van der Waals surface area contributed by atoms with Crippen molar-refractivity contribution in [3.63, 3.8) is 0 Å². The van der Waals surface area contributed by atoms with E-state index < -0.39 is 11.2 Å². The molecule has 1 fully saturated rings. The topological polar surface area (TPSA) is 49.4 Å². The highest BCUT2D eigenvalue weighted by Gasteiger charge is 2.40. The van der Waals surface area contributed by atoms with Crippen LogP contribution in [0, 0.1) is 11.8 Å². The number of benzene rings is 2. The summed E-state index contributed by atoms with van der Waals surface area (Å²) in [6, 6.07) is 15.7. The SMILES string of the molecule is CC1CCC(NC(=O)[C@@H](C)[C@@H]2Sc3ccccc3N(Cc3cccc(Cl)c3)C2=O)CC1. The lowest BCUT2D eigenvalue weighted by atomic mass is 9.87. The van der Waals surface area contributed by atoms with Gasteiger partial charge in [0, 0.05) is 16.0 Å². The van der Waals surface area contributed by atoms with E-state index in [9.17, 15) is 9.59 Å². The van der Waals surface area contributed by atoms with Crippen LogP contribution < -0.4 is 10.2 Å². The Labute approximate surface area is 193 Å². The van der Waals surface area contributed by atoms with Crippen molar-refractivity contribution in [1.29, 1.82) is 0 Å². The van der Waals surface area contributed by atoms with Crippen LogP contribution in [0.25, 0.3) is 0 Å². The fraction of sp³-hybridized carbons (Fsp3) is 0.440. The Kier molecular flexibility index (Phi) is 6.92. The van der Waals surface area contributed by atoms with Crippen LogP contribution in [0.5, 0.6) is 0 Å². The minimum absolute atomic E-state index is 0.0208. The average molecular weight is 457 g/mol. The van der Waals surface area contributed by atoms with Crippen LogP contribution in [0.2, 0.25) is 5.02 Å². The first-order valence-electron chi connectivity index (χ1n) is 11.0. The second-order valence-electron chi connectivity index (χ2n) is 8.81. The molecule has 0 saturated heterocycles. The van der Waals surface area contributed by atoms with Gasteiger partial charge >= 0.3 is 0 Å². The van der Waals surface area contributed by atoms with Gasteiger partial charge in [-0.1, -0.05) is 49.7 Å². The summed E-state index contributed by atoms with van der Waals surface area (Å²) in [6.45, 7) is 4.58. The number of carbonyl (C=O) groups is 2. The highest BCUT2D eigenvalue weighted by atomic mass is 35.5. The predicted molar refractivity (Wildman–Crippen MR) is 127 cm³/mol. The van der Waals surface area contributed by atoms with Crippen molar-refractivity contribution in [3.8, 4) is 0 Å². The summed E-state index contributed by atoms with van der Waals surface area (Å²) >= 11 is 7.66. The third-order valence-corrected chi connectivity index (χ3v) is 8.08. The molecule has 2 amide bonds.